The quantitative estimate of drug-likeness (QED) is 0.549. The zero-order valence-corrected chi connectivity index (χ0v) is 19.3. The fraction of sp³-hybridized carbons (Fsp3) is 0.400. The molecular weight excluding hydrogens is 415 g/mol. The van der Waals surface area contributed by atoms with E-state index in [-0.39, 0.29) is 23.9 Å². The van der Waals surface area contributed by atoms with Gasteiger partial charge in [-0.15, -0.1) is 6.58 Å². The molecule has 0 unspecified atom stereocenters. The van der Waals surface area contributed by atoms with Gasteiger partial charge in [-0.3, -0.25) is 4.79 Å². The highest BCUT2D eigenvalue weighted by atomic mass is 35.5. The highest BCUT2D eigenvalue weighted by Gasteiger charge is 2.50. The van der Waals surface area contributed by atoms with Gasteiger partial charge in [0.05, 0.1) is 24.0 Å². The number of benzene rings is 2. The molecule has 1 saturated heterocycles. The number of amides is 1. The summed E-state index contributed by atoms with van der Waals surface area (Å²) >= 11 is 12.5. The highest BCUT2D eigenvalue weighted by molar-refractivity contribution is 6.30. The number of quaternary nitrogens is 1. The monoisotopic (exact) mass is 445 g/mol. The molecule has 1 aliphatic heterocycles. The Bertz CT molecular complexity index is 894. The number of allylic oxidation sites excluding steroid dienone is 1. The van der Waals surface area contributed by atoms with Gasteiger partial charge in [0.25, 0.3) is 0 Å². The van der Waals surface area contributed by atoms with E-state index in [1.807, 2.05) is 48.5 Å². The Morgan fingerprint density at radius 3 is 2.47 bits per heavy atom. The van der Waals surface area contributed by atoms with E-state index in [4.69, 9.17) is 23.2 Å². The van der Waals surface area contributed by atoms with Crippen molar-refractivity contribution in [2.45, 2.75) is 51.1 Å². The topological polar surface area (TPSA) is 48.0 Å². The Morgan fingerprint density at radius 1 is 1.20 bits per heavy atom. The normalized spacial score (nSPS) is 25.2. The van der Waals surface area contributed by atoms with Gasteiger partial charge in [0.2, 0.25) is 5.91 Å². The van der Waals surface area contributed by atoms with Crippen molar-refractivity contribution < 1.29 is 10.5 Å². The molecule has 1 heterocycles. The van der Waals surface area contributed by atoms with Crippen LogP contribution in [0.2, 0.25) is 10.0 Å². The van der Waals surface area contributed by atoms with Crippen molar-refractivity contribution in [2.24, 2.45) is 5.41 Å². The third kappa shape index (κ3) is 4.44. The molecule has 3 N–H and O–H groups in total. The van der Waals surface area contributed by atoms with E-state index in [2.05, 4.69) is 37.1 Å². The number of halogens is 2. The van der Waals surface area contributed by atoms with Crippen LogP contribution >= 0.6 is 23.2 Å². The van der Waals surface area contributed by atoms with Crippen molar-refractivity contribution >= 4 is 29.1 Å². The van der Waals surface area contributed by atoms with Crippen molar-refractivity contribution in [3.8, 4) is 0 Å². The molecule has 0 aliphatic carbocycles. The van der Waals surface area contributed by atoms with Crippen LogP contribution in [0.3, 0.4) is 0 Å². The molecule has 0 saturated carbocycles. The van der Waals surface area contributed by atoms with Gasteiger partial charge in [0.15, 0.2) is 0 Å². The predicted molar refractivity (Wildman–Crippen MR) is 125 cm³/mol. The van der Waals surface area contributed by atoms with Crippen LogP contribution in [0.15, 0.2) is 61.2 Å². The van der Waals surface area contributed by atoms with Crippen LogP contribution in [-0.4, -0.2) is 23.4 Å². The molecule has 0 bridgehead atoms. The second kappa shape index (κ2) is 9.55. The molecule has 0 spiro atoms. The van der Waals surface area contributed by atoms with Gasteiger partial charge in [0, 0.05) is 16.0 Å². The average Bonchev–Trinajstić information content (AvgIpc) is 2.73. The second-order valence-electron chi connectivity index (χ2n) is 8.48. The van der Waals surface area contributed by atoms with Gasteiger partial charge in [-0.25, -0.2) is 0 Å². The molecule has 0 aromatic heterocycles. The molecule has 3 rings (SSSR count). The molecule has 1 amide bonds. The molecule has 0 radical (unpaired) electrons. The first-order valence-electron chi connectivity index (χ1n) is 10.6. The Hall–Kier alpha value is -1.81. The molecule has 3 nitrogen and oxygen atoms in total. The fourth-order valence-corrected chi connectivity index (χ4v) is 5.15. The average molecular weight is 446 g/mol. The number of hydrogen-bond donors (Lipinski definition) is 1. The number of rotatable bonds is 7. The van der Waals surface area contributed by atoms with Crippen molar-refractivity contribution in [3.05, 3.63) is 82.4 Å². The lowest BCUT2D eigenvalue weighted by atomic mass is 9.67. The summed E-state index contributed by atoms with van der Waals surface area (Å²) in [5, 5.41) is 1.40. The minimum Gasteiger partial charge on any atom is -0.356 e. The van der Waals surface area contributed by atoms with Gasteiger partial charge >= 0.3 is 0 Å². The molecule has 30 heavy (non-hydrogen) atoms. The first-order valence-corrected chi connectivity index (χ1v) is 11.3. The Morgan fingerprint density at radius 2 is 1.90 bits per heavy atom. The van der Waals surface area contributed by atoms with Crippen LogP contribution in [0, 0.1) is 5.41 Å². The molecule has 5 heteroatoms. The summed E-state index contributed by atoms with van der Waals surface area (Å²) in [7, 11) is 0. The van der Waals surface area contributed by atoms with Crippen LogP contribution in [0.4, 0.5) is 0 Å². The van der Waals surface area contributed by atoms with Gasteiger partial charge < -0.3 is 10.6 Å². The molecule has 1 aliphatic rings. The third-order valence-electron chi connectivity index (χ3n) is 6.38. The second-order valence-corrected chi connectivity index (χ2v) is 9.35. The summed E-state index contributed by atoms with van der Waals surface area (Å²) < 4.78 is 0. The minimum atomic E-state index is -0.514. The lowest BCUT2D eigenvalue weighted by molar-refractivity contribution is -0.379. The van der Waals surface area contributed by atoms with E-state index < -0.39 is 5.41 Å². The van der Waals surface area contributed by atoms with Crippen molar-refractivity contribution in [1.82, 2.24) is 4.90 Å². The summed E-state index contributed by atoms with van der Waals surface area (Å²) in [5.41, 5.74) is 5.88. The molecule has 1 fully saturated rings. The van der Waals surface area contributed by atoms with Gasteiger partial charge in [-0.1, -0.05) is 67.4 Å². The maximum Gasteiger partial charge on any atom is 0.229 e. The number of nitrogens with zero attached hydrogens (tertiary/aromatic N) is 1. The number of hydrogen-bond acceptors (Lipinski definition) is 1. The van der Waals surface area contributed by atoms with Crippen LogP contribution < -0.4 is 5.73 Å². The van der Waals surface area contributed by atoms with Gasteiger partial charge in [0.1, 0.15) is 0 Å². The summed E-state index contributed by atoms with van der Waals surface area (Å²) in [6.07, 6.45) is 4.08. The number of carbonyl (C=O) groups excluding carboxylic acids is 1. The number of likely N-dealkylation sites (tertiary alicyclic amines) is 1. The standard InChI is InChI=1S/C25H30Cl2N2O/c1-4-13-25(3)15-22(18-7-6-8-20(27)14-18)23(17-9-11-19(26)12-10-17)29(24(25)30)21(5-2)16-28/h4,6-12,14,21-23H,1,5,13,15-16,28H2,2-3H3/p+1/t21-,22+,23+,25-/m0/s1. The maximum absolute atomic E-state index is 13.9. The first kappa shape index (κ1) is 22.9. The van der Waals surface area contributed by atoms with Crippen molar-refractivity contribution in [1.29, 1.82) is 0 Å². The van der Waals surface area contributed by atoms with Gasteiger partial charge in [-0.05, 0) is 54.7 Å². The smallest absolute Gasteiger partial charge is 0.229 e. The minimum absolute atomic E-state index is 0.0595. The first-order chi connectivity index (χ1) is 14.3. The molecule has 2 aromatic carbocycles. The summed E-state index contributed by atoms with van der Waals surface area (Å²) in [6, 6.07) is 15.9. The Kier molecular flexibility index (Phi) is 7.28. The van der Waals surface area contributed by atoms with E-state index in [9.17, 15) is 4.79 Å². The number of carbonyl (C=O) groups is 1. The fourth-order valence-electron chi connectivity index (χ4n) is 4.83. The Labute approximate surface area is 189 Å². The van der Waals surface area contributed by atoms with E-state index in [1.54, 1.807) is 0 Å². The van der Waals surface area contributed by atoms with E-state index in [0.29, 0.717) is 23.0 Å². The zero-order valence-electron chi connectivity index (χ0n) is 17.8. The summed E-state index contributed by atoms with van der Waals surface area (Å²) in [5.74, 6) is 0.282. The summed E-state index contributed by atoms with van der Waals surface area (Å²) in [6.45, 7) is 8.78. The maximum atomic E-state index is 13.9. The third-order valence-corrected chi connectivity index (χ3v) is 6.87. The van der Waals surface area contributed by atoms with Crippen LogP contribution in [0.1, 0.15) is 56.2 Å². The highest BCUT2D eigenvalue weighted by Crippen LogP contribution is 2.52. The predicted octanol–water partition coefficient (Wildman–Crippen LogP) is 5.65. The lowest BCUT2D eigenvalue weighted by Crippen LogP contribution is -2.64. The molecule has 160 valence electrons. The Balaban J connectivity index is 2.22. The zero-order chi connectivity index (χ0) is 21.9. The van der Waals surface area contributed by atoms with Crippen LogP contribution in [-0.2, 0) is 4.79 Å². The van der Waals surface area contributed by atoms with Gasteiger partial charge in [-0.2, -0.15) is 0 Å². The molecule has 2 aromatic rings. The molecular formula is C25H31Cl2N2O+. The van der Waals surface area contributed by atoms with Crippen LogP contribution in [0.25, 0.3) is 0 Å². The molecule has 4 atom stereocenters. The van der Waals surface area contributed by atoms with Crippen molar-refractivity contribution in [2.75, 3.05) is 6.54 Å². The van der Waals surface area contributed by atoms with Crippen molar-refractivity contribution in [3.63, 3.8) is 0 Å². The number of piperidine rings is 1. The van der Waals surface area contributed by atoms with Crippen LogP contribution in [0.5, 0.6) is 0 Å². The largest absolute Gasteiger partial charge is 0.356 e. The van der Waals surface area contributed by atoms with E-state index in [1.165, 1.54) is 0 Å². The summed E-state index contributed by atoms with van der Waals surface area (Å²) in [4.78, 5) is 16.0. The van der Waals surface area contributed by atoms with E-state index >= 15 is 0 Å². The lowest BCUT2D eigenvalue weighted by Gasteiger charge is -2.51. The van der Waals surface area contributed by atoms with E-state index in [0.717, 1.165) is 24.0 Å². The SMILES string of the molecule is C=CC[C@@]1(C)C[C@H](c2cccc(Cl)c2)[C@@H](c2ccc(Cl)cc2)N([C@@H](CC)C[NH3+])C1=O.